The van der Waals surface area contributed by atoms with Crippen molar-refractivity contribution < 1.29 is 23.8 Å². The van der Waals surface area contributed by atoms with Crippen LogP contribution in [0.15, 0.2) is 42.5 Å². The first-order valence-electron chi connectivity index (χ1n) is 8.69. The molecule has 2 aromatic carbocycles. The number of ketones is 1. The summed E-state index contributed by atoms with van der Waals surface area (Å²) in [6.45, 7) is 2.16. The van der Waals surface area contributed by atoms with Gasteiger partial charge in [-0.3, -0.25) is 9.59 Å². The van der Waals surface area contributed by atoms with E-state index in [1.54, 1.807) is 50.4 Å². The molecule has 0 saturated heterocycles. The van der Waals surface area contributed by atoms with E-state index in [1.165, 1.54) is 0 Å². The van der Waals surface area contributed by atoms with Crippen LogP contribution in [0, 0.1) is 0 Å². The zero-order chi connectivity index (χ0) is 19.8. The number of methoxy groups -OCH3 is 2. The average Bonchev–Trinajstić information content (AvgIpc) is 2.71. The Morgan fingerprint density at radius 3 is 2.22 bits per heavy atom. The standard InChI is InChI=1S/C21H25NO5/c1-5-18(23)16-7-9-17(10-8-16)27-14-21(24)22(2)13-15-6-11-19(25-3)20(12-15)26-4/h6-12H,5,13-14H2,1-4H3. The average molecular weight is 371 g/mol. The fraction of sp³-hybridized carbons (Fsp3) is 0.333. The van der Waals surface area contributed by atoms with Crippen molar-refractivity contribution in [1.29, 1.82) is 0 Å². The van der Waals surface area contributed by atoms with Gasteiger partial charge in [0.15, 0.2) is 23.9 Å². The first-order chi connectivity index (χ1) is 13.0. The molecular formula is C21H25NO5. The van der Waals surface area contributed by atoms with Crippen LogP contribution >= 0.6 is 0 Å². The first-order valence-corrected chi connectivity index (χ1v) is 8.69. The molecule has 0 aliphatic heterocycles. The predicted octanol–water partition coefficient (Wildman–Crippen LogP) is 3.33. The third-order valence-electron chi connectivity index (χ3n) is 4.15. The molecule has 0 heterocycles. The maximum absolute atomic E-state index is 12.3. The number of hydrogen-bond acceptors (Lipinski definition) is 5. The molecule has 0 radical (unpaired) electrons. The second-order valence-corrected chi connectivity index (χ2v) is 6.03. The van der Waals surface area contributed by atoms with Crippen molar-refractivity contribution in [3.8, 4) is 17.2 Å². The number of rotatable bonds is 9. The number of Topliss-reactive ketones (excluding diaryl/α,β-unsaturated/α-hetero) is 1. The largest absolute Gasteiger partial charge is 0.493 e. The Kier molecular flexibility index (Phi) is 7.23. The summed E-state index contributed by atoms with van der Waals surface area (Å²) in [6.07, 6.45) is 0.458. The molecular weight excluding hydrogens is 346 g/mol. The molecule has 0 N–H and O–H groups in total. The summed E-state index contributed by atoms with van der Waals surface area (Å²) in [5, 5.41) is 0. The number of hydrogen-bond donors (Lipinski definition) is 0. The molecule has 144 valence electrons. The Bertz CT molecular complexity index is 786. The normalized spacial score (nSPS) is 10.2. The molecule has 0 atom stereocenters. The van der Waals surface area contributed by atoms with E-state index >= 15 is 0 Å². The van der Waals surface area contributed by atoms with Crippen molar-refractivity contribution in [3.05, 3.63) is 53.6 Å². The number of nitrogens with zero attached hydrogens (tertiary/aromatic N) is 1. The van der Waals surface area contributed by atoms with Crippen LogP contribution in [-0.4, -0.2) is 44.5 Å². The zero-order valence-corrected chi connectivity index (χ0v) is 16.2. The van der Waals surface area contributed by atoms with E-state index in [2.05, 4.69) is 0 Å². The van der Waals surface area contributed by atoms with Crippen molar-refractivity contribution >= 4 is 11.7 Å². The Morgan fingerprint density at radius 1 is 0.963 bits per heavy atom. The Hall–Kier alpha value is -3.02. The minimum absolute atomic E-state index is 0.0762. The smallest absolute Gasteiger partial charge is 0.260 e. The molecule has 0 aromatic heterocycles. The van der Waals surface area contributed by atoms with Gasteiger partial charge in [-0.05, 0) is 42.0 Å². The van der Waals surface area contributed by atoms with E-state index in [4.69, 9.17) is 14.2 Å². The van der Waals surface area contributed by atoms with E-state index in [1.807, 2.05) is 25.1 Å². The van der Waals surface area contributed by atoms with Gasteiger partial charge in [-0.1, -0.05) is 13.0 Å². The van der Waals surface area contributed by atoms with E-state index in [9.17, 15) is 9.59 Å². The Morgan fingerprint density at radius 2 is 1.63 bits per heavy atom. The SMILES string of the molecule is CCC(=O)c1ccc(OCC(=O)N(C)Cc2ccc(OC)c(OC)c2)cc1. The van der Waals surface area contributed by atoms with E-state index < -0.39 is 0 Å². The van der Waals surface area contributed by atoms with E-state index in [0.29, 0.717) is 35.8 Å². The van der Waals surface area contributed by atoms with Crippen LogP contribution in [-0.2, 0) is 11.3 Å². The Balaban J connectivity index is 1.91. The number of likely N-dealkylation sites (N-methyl/N-ethyl adjacent to an activating group) is 1. The summed E-state index contributed by atoms with van der Waals surface area (Å²) in [4.78, 5) is 25.5. The zero-order valence-electron chi connectivity index (χ0n) is 16.2. The van der Waals surface area contributed by atoms with Crippen molar-refractivity contribution in [2.75, 3.05) is 27.9 Å². The van der Waals surface area contributed by atoms with Crippen LogP contribution in [0.2, 0.25) is 0 Å². The molecule has 6 heteroatoms. The van der Waals surface area contributed by atoms with Gasteiger partial charge in [0.1, 0.15) is 5.75 Å². The number of amides is 1. The van der Waals surface area contributed by atoms with Gasteiger partial charge < -0.3 is 19.1 Å². The summed E-state index contributed by atoms with van der Waals surface area (Å²) in [5.74, 6) is 1.73. The molecule has 0 unspecified atom stereocenters. The minimum Gasteiger partial charge on any atom is -0.493 e. The molecule has 2 aromatic rings. The van der Waals surface area contributed by atoms with Crippen LogP contribution in [0.5, 0.6) is 17.2 Å². The van der Waals surface area contributed by atoms with Crippen LogP contribution in [0.3, 0.4) is 0 Å². The van der Waals surface area contributed by atoms with Crippen LogP contribution in [0.1, 0.15) is 29.3 Å². The van der Waals surface area contributed by atoms with E-state index in [0.717, 1.165) is 5.56 Å². The number of benzene rings is 2. The monoisotopic (exact) mass is 371 g/mol. The van der Waals surface area contributed by atoms with Gasteiger partial charge >= 0.3 is 0 Å². The number of carbonyl (C=O) groups excluding carboxylic acids is 2. The lowest BCUT2D eigenvalue weighted by Gasteiger charge is -2.18. The molecule has 0 fully saturated rings. The van der Waals surface area contributed by atoms with Gasteiger partial charge in [0.2, 0.25) is 0 Å². The fourth-order valence-electron chi connectivity index (χ4n) is 2.54. The molecule has 27 heavy (non-hydrogen) atoms. The molecule has 1 amide bonds. The first kappa shape index (κ1) is 20.3. The molecule has 0 spiro atoms. The number of ether oxygens (including phenoxy) is 3. The van der Waals surface area contributed by atoms with Crippen LogP contribution in [0.4, 0.5) is 0 Å². The maximum atomic E-state index is 12.3. The fourth-order valence-corrected chi connectivity index (χ4v) is 2.54. The highest BCUT2D eigenvalue weighted by molar-refractivity contribution is 5.95. The lowest BCUT2D eigenvalue weighted by molar-refractivity contribution is -0.132. The summed E-state index contributed by atoms with van der Waals surface area (Å²) >= 11 is 0. The van der Waals surface area contributed by atoms with Crippen LogP contribution in [0.25, 0.3) is 0 Å². The highest BCUT2D eigenvalue weighted by Gasteiger charge is 2.12. The van der Waals surface area contributed by atoms with Crippen molar-refractivity contribution in [2.45, 2.75) is 19.9 Å². The summed E-state index contributed by atoms with van der Waals surface area (Å²) < 4.78 is 16.0. The summed E-state index contributed by atoms with van der Waals surface area (Å²) in [5.41, 5.74) is 1.56. The van der Waals surface area contributed by atoms with Gasteiger partial charge in [-0.2, -0.15) is 0 Å². The minimum atomic E-state index is -0.154. The maximum Gasteiger partial charge on any atom is 0.260 e. The number of carbonyl (C=O) groups is 2. The van der Waals surface area contributed by atoms with E-state index in [-0.39, 0.29) is 18.3 Å². The summed E-state index contributed by atoms with van der Waals surface area (Å²) in [7, 11) is 4.87. The molecule has 0 saturated carbocycles. The van der Waals surface area contributed by atoms with Gasteiger partial charge in [0.25, 0.3) is 5.91 Å². The van der Waals surface area contributed by atoms with Crippen LogP contribution < -0.4 is 14.2 Å². The van der Waals surface area contributed by atoms with Gasteiger partial charge in [0.05, 0.1) is 14.2 Å². The summed E-state index contributed by atoms with van der Waals surface area (Å²) in [6, 6.07) is 12.3. The van der Waals surface area contributed by atoms with Crippen molar-refractivity contribution in [2.24, 2.45) is 0 Å². The molecule has 0 aliphatic rings. The highest BCUT2D eigenvalue weighted by Crippen LogP contribution is 2.27. The molecule has 0 aliphatic carbocycles. The quantitative estimate of drug-likeness (QED) is 0.633. The lowest BCUT2D eigenvalue weighted by Crippen LogP contribution is -2.30. The molecule has 6 nitrogen and oxygen atoms in total. The van der Waals surface area contributed by atoms with Gasteiger partial charge in [0, 0.05) is 25.6 Å². The lowest BCUT2D eigenvalue weighted by atomic mass is 10.1. The topological polar surface area (TPSA) is 65.1 Å². The molecule has 0 bridgehead atoms. The van der Waals surface area contributed by atoms with Crippen molar-refractivity contribution in [3.63, 3.8) is 0 Å². The highest BCUT2D eigenvalue weighted by atomic mass is 16.5. The third kappa shape index (κ3) is 5.48. The second kappa shape index (κ2) is 9.62. The third-order valence-corrected chi connectivity index (χ3v) is 4.15. The second-order valence-electron chi connectivity index (χ2n) is 6.03. The van der Waals surface area contributed by atoms with Gasteiger partial charge in [-0.25, -0.2) is 0 Å². The molecule has 2 rings (SSSR count). The Labute approximate surface area is 159 Å². The van der Waals surface area contributed by atoms with Crippen molar-refractivity contribution in [1.82, 2.24) is 4.90 Å². The predicted molar refractivity (Wildman–Crippen MR) is 103 cm³/mol. The van der Waals surface area contributed by atoms with Gasteiger partial charge in [-0.15, -0.1) is 0 Å².